The fraction of sp³-hybridized carbons (Fsp3) is 0.923. The van der Waals surface area contributed by atoms with Gasteiger partial charge in [-0.25, -0.2) is 4.79 Å². The Morgan fingerprint density at radius 3 is 2.18 bits per heavy atom. The van der Waals surface area contributed by atoms with Crippen LogP contribution in [-0.2, 0) is 4.74 Å². The van der Waals surface area contributed by atoms with Gasteiger partial charge >= 0.3 is 6.09 Å². The predicted octanol–water partition coefficient (Wildman–Crippen LogP) is 2.38. The van der Waals surface area contributed by atoms with E-state index < -0.39 is 5.60 Å². The standard InChI is InChI=1S/C13H26N2O2/c1-13(2,3)17-12(16)15(5)11-8-6-10(14-4)7-9-11/h10-11,14H,6-9H2,1-5H3. The minimum Gasteiger partial charge on any atom is -0.444 e. The van der Waals surface area contributed by atoms with Crippen molar-refractivity contribution in [2.75, 3.05) is 14.1 Å². The molecule has 0 atom stereocenters. The zero-order chi connectivity index (χ0) is 13.1. The lowest BCUT2D eigenvalue weighted by atomic mass is 9.90. The van der Waals surface area contributed by atoms with Gasteiger partial charge < -0.3 is 15.0 Å². The van der Waals surface area contributed by atoms with Gasteiger partial charge in [0.2, 0.25) is 0 Å². The molecule has 4 heteroatoms. The van der Waals surface area contributed by atoms with E-state index in [1.54, 1.807) is 4.90 Å². The predicted molar refractivity (Wildman–Crippen MR) is 69.1 cm³/mol. The number of carbonyl (C=O) groups excluding carboxylic acids is 1. The Hall–Kier alpha value is -0.770. The molecule has 1 aliphatic rings. The number of hydrogen-bond donors (Lipinski definition) is 1. The molecule has 100 valence electrons. The minimum atomic E-state index is -0.409. The van der Waals surface area contributed by atoms with Crippen molar-refractivity contribution >= 4 is 6.09 Å². The highest BCUT2D eigenvalue weighted by Gasteiger charge is 2.28. The summed E-state index contributed by atoms with van der Waals surface area (Å²) in [7, 11) is 3.85. The SMILES string of the molecule is CNC1CCC(N(C)C(=O)OC(C)(C)C)CC1. The lowest BCUT2D eigenvalue weighted by Crippen LogP contribution is -2.44. The molecule has 1 rings (SSSR count). The maximum absolute atomic E-state index is 11.9. The third kappa shape index (κ3) is 4.54. The van der Waals surface area contributed by atoms with Gasteiger partial charge in [-0.1, -0.05) is 0 Å². The zero-order valence-electron chi connectivity index (χ0n) is 11.7. The molecule has 17 heavy (non-hydrogen) atoms. The first-order valence-electron chi connectivity index (χ1n) is 6.46. The van der Waals surface area contributed by atoms with Crippen LogP contribution in [0.5, 0.6) is 0 Å². The van der Waals surface area contributed by atoms with Crippen molar-refractivity contribution in [3.05, 3.63) is 0 Å². The highest BCUT2D eigenvalue weighted by Crippen LogP contribution is 2.23. The molecule has 0 aromatic heterocycles. The van der Waals surface area contributed by atoms with Crippen LogP contribution in [0.25, 0.3) is 0 Å². The molecule has 0 bridgehead atoms. The van der Waals surface area contributed by atoms with Gasteiger partial charge in [-0.2, -0.15) is 0 Å². The van der Waals surface area contributed by atoms with Crippen LogP contribution in [-0.4, -0.2) is 42.8 Å². The van der Waals surface area contributed by atoms with E-state index in [4.69, 9.17) is 4.74 Å². The molecule has 0 spiro atoms. The number of ether oxygens (including phenoxy) is 1. The largest absolute Gasteiger partial charge is 0.444 e. The molecular weight excluding hydrogens is 216 g/mol. The van der Waals surface area contributed by atoms with Gasteiger partial charge in [-0.15, -0.1) is 0 Å². The Bertz CT molecular complexity index is 253. The average Bonchev–Trinajstić information content (AvgIpc) is 2.26. The highest BCUT2D eigenvalue weighted by atomic mass is 16.6. The fourth-order valence-corrected chi connectivity index (χ4v) is 2.23. The second-order valence-corrected chi connectivity index (χ2v) is 5.89. The molecule has 0 saturated heterocycles. The van der Waals surface area contributed by atoms with Gasteiger partial charge in [0.05, 0.1) is 0 Å². The smallest absolute Gasteiger partial charge is 0.410 e. The molecule has 0 aliphatic heterocycles. The van der Waals surface area contributed by atoms with Crippen molar-refractivity contribution < 1.29 is 9.53 Å². The van der Waals surface area contributed by atoms with Crippen molar-refractivity contribution in [3.63, 3.8) is 0 Å². The normalized spacial score (nSPS) is 25.5. The summed E-state index contributed by atoms with van der Waals surface area (Å²) in [5.41, 5.74) is -0.409. The van der Waals surface area contributed by atoms with E-state index in [1.807, 2.05) is 34.9 Å². The molecule has 1 saturated carbocycles. The van der Waals surface area contributed by atoms with Crippen molar-refractivity contribution in [1.82, 2.24) is 10.2 Å². The fourth-order valence-electron chi connectivity index (χ4n) is 2.23. The molecule has 0 heterocycles. The van der Waals surface area contributed by atoms with Crippen molar-refractivity contribution in [2.45, 2.75) is 64.1 Å². The van der Waals surface area contributed by atoms with Gasteiger partial charge in [0, 0.05) is 19.1 Å². The van der Waals surface area contributed by atoms with E-state index in [0.717, 1.165) is 25.7 Å². The van der Waals surface area contributed by atoms with E-state index in [2.05, 4.69) is 5.32 Å². The summed E-state index contributed by atoms with van der Waals surface area (Å²) in [4.78, 5) is 13.7. The summed E-state index contributed by atoms with van der Waals surface area (Å²) >= 11 is 0. The molecule has 0 unspecified atom stereocenters. The van der Waals surface area contributed by atoms with Crippen molar-refractivity contribution in [1.29, 1.82) is 0 Å². The molecule has 4 nitrogen and oxygen atoms in total. The summed E-state index contributed by atoms with van der Waals surface area (Å²) in [6, 6.07) is 0.938. The molecule has 1 aliphatic carbocycles. The molecule has 0 aromatic carbocycles. The lowest BCUT2D eigenvalue weighted by molar-refractivity contribution is 0.0180. The second-order valence-electron chi connectivity index (χ2n) is 5.89. The number of amides is 1. The second kappa shape index (κ2) is 5.71. The van der Waals surface area contributed by atoms with Crippen LogP contribution in [0.4, 0.5) is 4.79 Å². The van der Waals surface area contributed by atoms with Gasteiger partial charge in [-0.05, 0) is 53.5 Å². The Morgan fingerprint density at radius 1 is 1.24 bits per heavy atom. The number of nitrogens with zero attached hydrogens (tertiary/aromatic N) is 1. The van der Waals surface area contributed by atoms with Crippen LogP contribution in [0.2, 0.25) is 0 Å². The average molecular weight is 242 g/mol. The number of rotatable bonds is 2. The monoisotopic (exact) mass is 242 g/mol. The Morgan fingerprint density at radius 2 is 1.76 bits per heavy atom. The highest BCUT2D eigenvalue weighted by molar-refractivity contribution is 5.68. The van der Waals surface area contributed by atoms with Gasteiger partial charge in [0.25, 0.3) is 0 Å². The quantitative estimate of drug-likeness (QED) is 0.808. The topological polar surface area (TPSA) is 41.6 Å². The van der Waals surface area contributed by atoms with Crippen LogP contribution in [0.15, 0.2) is 0 Å². The van der Waals surface area contributed by atoms with Crippen LogP contribution >= 0.6 is 0 Å². The Balaban J connectivity index is 2.43. The Kier molecular flexibility index (Phi) is 4.80. The third-order valence-corrected chi connectivity index (χ3v) is 3.33. The van der Waals surface area contributed by atoms with Gasteiger partial charge in [-0.3, -0.25) is 0 Å². The van der Waals surface area contributed by atoms with Crippen LogP contribution in [0.3, 0.4) is 0 Å². The number of hydrogen-bond acceptors (Lipinski definition) is 3. The van der Waals surface area contributed by atoms with E-state index >= 15 is 0 Å². The summed E-state index contributed by atoms with van der Waals surface area (Å²) in [5.74, 6) is 0. The number of carbonyl (C=O) groups is 1. The maximum atomic E-state index is 11.9. The van der Waals surface area contributed by atoms with Crippen LogP contribution in [0.1, 0.15) is 46.5 Å². The maximum Gasteiger partial charge on any atom is 0.410 e. The molecule has 0 aromatic rings. The first-order chi connectivity index (χ1) is 7.83. The summed E-state index contributed by atoms with van der Waals surface area (Å²) < 4.78 is 5.38. The molecule has 1 fully saturated rings. The first kappa shape index (κ1) is 14.3. The molecule has 1 amide bonds. The summed E-state index contributed by atoms with van der Waals surface area (Å²) in [6.07, 6.45) is 4.18. The van der Waals surface area contributed by atoms with Crippen molar-refractivity contribution in [2.24, 2.45) is 0 Å². The number of nitrogens with one attached hydrogen (secondary N) is 1. The molecule has 0 radical (unpaired) electrons. The summed E-state index contributed by atoms with van der Waals surface area (Å²) in [5, 5.41) is 3.30. The lowest BCUT2D eigenvalue weighted by Gasteiger charge is -2.35. The van der Waals surface area contributed by atoms with E-state index in [0.29, 0.717) is 12.1 Å². The third-order valence-electron chi connectivity index (χ3n) is 3.33. The van der Waals surface area contributed by atoms with Gasteiger partial charge in [0.1, 0.15) is 5.60 Å². The zero-order valence-corrected chi connectivity index (χ0v) is 11.7. The summed E-state index contributed by atoms with van der Waals surface area (Å²) in [6.45, 7) is 5.70. The van der Waals surface area contributed by atoms with Gasteiger partial charge in [0.15, 0.2) is 0 Å². The van der Waals surface area contributed by atoms with Crippen LogP contribution in [0, 0.1) is 0 Å². The van der Waals surface area contributed by atoms with Crippen molar-refractivity contribution in [3.8, 4) is 0 Å². The van der Waals surface area contributed by atoms with E-state index in [-0.39, 0.29) is 6.09 Å². The minimum absolute atomic E-state index is 0.203. The van der Waals surface area contributed by atoms with E-state index in [1.165, 1.54) is 0 Å². The van der Waals surface area contributed by atoms with Crippen LogP contribution < -0.4 is 5.32 Å². The van der Waals surface area contributed by atoms with E-state index in [9.17, 15) is 4.79 Å². The Labute approximate surface area is 105 Å². The first-order valence-corrected chi connectivity index (χ1v) is 6.46. The molecular formula is C13H26N2O2. The molecule has 1 N–H and O–H groups in total.